The number of aliphatic imine (C=N–C) groups is 1. The van der Waals surface area contributed by atoms with Gasteiger partial charge in [0, 0.05) is 11.8 Å². The minimum absolute atomic E-state index is 0.703. The molecule has 0 saturated carbocycles. The zero-order valence-electron chi connectivity index (χ0n) is 7.59. The zero-order valence-corrected chi connectivity index (χ0v) is 7.59. The second kappa shape index (κ2) is 2.80. The van der Waals surface area contributed by atoms with E-state index in [4.69, 9.17) is 0 Å². The summed E-state index contributed by atoms with van der Waals surface area (Å²) in [4.78, 5) is 8.47. The molecule has 0 unspecified atom stereocenters. The standard InChI is InChI=1S/C11H9N3/c1-2-4-11-9(3-1)5-12-6-10-7-13-8-14(10)11/h1-5,7-8H,6H2. The Hall–Kier alpha value is -1.90. The molecule has 1 aliphatic heterocycles. The predicted octanol–water partition coefficient (Wildman–Crippen LogP) is 1.80. The Morgan fingerprint density at radius 1 is 1.21 bits per heavy atom. The van der Waals surface area contributed by atoms with Crippen molar-refractivity contribution < 1.29 is 0 Å². The van der Waals surface area contributed by atoms with Crippen molar-refractivity contribution in [1.29, 1.82) is 0 Å². The van der Waals surface area contributed by atoms with Crippen LogP contribution in [0.25, 0.3) is 5.69 Å². The Labute approximate surface area is 81.7 Å². The molecule has 0 saturated heterocycles. The molecule has 1 aromatic carbocycles. The average Bonchev–Trinajstić information content (AvgIpc) is 2.61. The maximum absolute atomic E-state index is 4.34. The fourth-order valence-corrected chi connectivity index (χ4v) is 1.71. The van der Waals surface area contributed by atoms with E-state index in [9.17, 15) is 0 Å². The molecule has 0 amide bonds. The molecular weight excluding hydrogens is 174 g/mol. The molecule has 0 radical (unpaired) electrons. The lowest BCUT2D eigenvalue weighted by molar-refractivity contribution is 0.925. The van der Waals surface area contributed by atoms with Gasteiger partial charge in [-0.15, -0.1) is 0 Å². The van der Waals surface area contributed by atoms with Gasteiger partial charge in [-0.1, -0.05) is 18.2 Å². The highest BCUT2D eigenvalue weighted by molar-refractivity contribution is 5.85. The van der Waals surface area contributed by atoms with Crippen molar-refractivity contribution in [3.63, 3.8) is 0 Å². The fourth-order valence-electron chi connectivity index (χ4n) is 1.71. The molecule has 1 aromatic heterocycles. The monoisotopic (exact) mass is 183 g/mol. The molecule has 3 heteroatoms. The summed E-state index contributed by atoms with van der Waals surface area (Å²) in [5, 5.41) is 0. The molecular formula is C11H9N3. The Bertz CT molecular complexity index is 497. The van der Waals surface area contributed by atoms with Crippen LogP contribution in [0.1, 0.15) is 11.3 Å². The summed E-state index contributed by atoms with van der Waals surface area (Å²) < 4.78 is 2.09. The largest absolute Gasteiger partial charge is 0.301 e. The third kappa shape index (κ3) is 0.988. The highest BCUT2D eigenvalue weighted by Crippen LogP contribution is 2.18. The van der Waals surface area contributed by atoms with E-state index in [1.165, 1.54) is 0 Å². The Morgan fingerprint density at radius 3 is 3.14 bits per heavy atom. The van der Waals surface area contributed by atoms with Crippen molar-refractivity contribution in [3.05, 3.63) is 48.0 Å². The SMILES string of the molecule is C1=NCc2cncn2-c2ccccc21. The molecule has 0 aliphatic carbocycles. The summed E-state index contributed by atoms with van der Waals surface area (Å²) >= 11 is 0. The number of fused-ring (bicyclic) bond motifs is 3. The molecule has 0 fully saturated rings. The van der Waals surface area contributed by atoms with E-state index in [1.807, 2.05) is 30.9 Å². The maximum Gasteiger partial charge on any atom is 0.0995 e. The van der Waals surface area contributed by atoms with Gasteiger partial charge < -0.3 is 4.57 Å². The Balaban J connectivity index is 2.34. The number of hydrogen-bond acceptors (Lipinski definition) is 2. The number of benzene rings is 1. The predicted molar refractivity (Wildman–Crippen MR) is 54.9 cm³/mol. The quantitative estimate of drug-likeness (QED) is 0.612. The van der Waals surface area contributed by atoms with Crippen molar-refractivity contribution in [2.75, 3.05) is 0 Å². The van der Waals surface area contributed by atoms with E-state index in [0.29, 0.717) is 6.54 Å². The summed E-state index contributed by atoms with van der Waals surface area (Å²) in [6.45, 7) is 0.703. The van der Waals surface area contributed by atoms with Crippen molar-refractivity contribution in [2.45, 2.75) is 6.54 Å². The second-order valence-electron chi connectivity index (χ2n) is 3.28. The molecule has 3 rings (SSSR count). The fraction of sp³-hybridized carbons (Fsp3) is 0.0909. The van der Waals surface area contributed by atoms with E-state index in [-0.39, 0.29) is 0 Å². The van der Waals surface area contributed by atoms with E-state index < -0.39 is 0 Å². The van der Waals surface area contributed by atoms with Crippen LogP contribution in [0.15, 0.2) is 41.8 Å². The summed E-state index contributed by atoms with van der Waals surface area (Å²) in [5.74, 6) is 0. The van der Waals surface area contributed by atoms with Gasteiger partial charge in [0.1, 0.15) is 0 Å². The van der Waals surface area contributed by atoms with Crippen molar-refractivity contribution in [3.8, 4) is 5.69 Å². The van der Waals surface area contributed by atoms with Gasteiger partial charge in [-0.3, -0.25) is 4.99 Å². The number of para-hydroxylation sites is 1. The molecule has 0 spiro atoms. The van der Waals surface area contributed by atoms with Gasteiger partial charge >= 0.3 is 0 Å². The smallest absolute Gasteiger partial charge is 0.0995 e. The lowest BCUT2D eigenvalue weighted by Gasteiger charge is -2.06. The van der Waals surface area contributed by atoms with Gasteiger partial charge in [-0.05, 0) is 6.07 Å². The Kier molecular flexibility index (Phi) is 1.50. The van der Waals surface area contributed by atoms with E-state index >= 15 is 0 Å². The summed E-state index contributed by atoms with van der Waals surface area (Å²) in [6.07, 6.45) is 5.62. The minimum atomic E-state index is 0.703. The molecule has 0 bridgehead atoms. The highest BCUT2D eigenvalue weighted by Gasteiger charge is 2.09. The lowest BCUT2D eigenvalue weighted by atomic mass is 10.2. The van der Waals surface area contributed by atoms with Gasteiger partial charge in [0.25, 0.3) is 0 Å². The molecule has 14 heavy (non-hydrogen) atoms. The first kappa shape index (κ1) is 7.50. The maximum atomic E-state index is 4.34. The van der Waals surface area contributed by atoms with Crippen molar-refractivity contribution in [2.24, 2.45) is 4.99 Å². The van der Waals surface area contributed by atoms with E-state index in [0.717, 1.165) is 16.9 Å². The van der Waals surface area contributed by atoms with Gasteiger partial charge in [0.15, 0.2) is 0 Å². The summed E-state index contributed by atoms with van der Waals surface area (Å²) in [5.41, 5.74) is 3.43. The summed E-state index contributed by atoms with van der Waals surface area (Å²) in [6, 6.07) is 8.19. The second-order valence-corrected chi connectivity index (χ2v) is 3.28. The number of hydrogen-bond donors (Lipinski definition) is 0. The molecule has 1 aliphatic rings. The first-order valence-electron chi connectivity index (χ1n) is 4.55. The minimum Gasteiger partial charge on any atom is -0.301 e. The molecule has 2 aromatic rings. The normalized spacial score (nSPS) is 13.1. The van der Waals surface area contributed by atoms with Crippen LogP contribution in [0.2, 0.25) is 0 Å². The first-order chi connectivity index (χ1) is 6.95. The van der Waals surface area contributed by atoms with Crippen LogP contribution in [0.4, 0.5) is 0 Å². The van der Waals surface area contributed by atoms with Crippen LogP contribution in [0, 0.1) is 0 Å². The molecule has 0 N–H and O–H groups in total. The van der Waals surface area contributed by atoms with Crippen molar-refractivity contribution >= 4 is 6.21 Å². The number of nitrogens with zero attached hydrogens (tertiary/aromatic N) is 3. The van der Waals surface area contributed by atoms with Crippen LogP contribution in [-0.2, 0) is 6.54 Å². The van der Waals surface area contributed by atoms with E-state index in [2.05, 4.69) is 26.7 Å². The van der Waals surface area contributed by atoms with Gasteiger partial charge in [0.2, 0.25) is 0 Å². The Morgan fingerprint density at radius 2 is 2.14 bits per heavy atom. The third-order valence-electron chi connectivity index (χ3n) is 2.40. The van der Waals surface area contributed by atoms with Gasteiger partial charge in [0.05, 0.1) is 30.5 Å². The number of imidazole rings is 1. The van der Waals surface area contributed by atoms with Gasteiger partial charge in [-0.25, -0.2) is 4.98 Å². The molecule has 68 valence electrons. The summed E-state index contributed by atoms with van der Waals surface area (Å²) in [7, 11) is 0. The first-order valence-corrected chi connectivity index (χ1v) is 4.55. The lowest BCUT2D eigenvalue weighted by Crippen LogP contribution is -1.98. The average molecular weight is 183 g/mol. The molecule has 3 nitrogen and oxygen atoms in total. The third-order valence-corrected chi connectivity index (χ3v) is 2.40. The molecule has 0 atom stereocenters. The van der Waals surface area contributed by atoms with Crippen LogP contribution >= 0.6 is 0 Å². The number of rotatable bonds is 0. The van der Waals surface area contributed by atoms with Crippen LogP contribution in [-0.4, -0.2) is 15.8 Å². The van der Waals surface area contributed by atoms with Gasteiger partial charge in [-0.2, -0.15) is 0 Å². The number of aromatic nitrogens is 2. The van der Waals surface area contributed by atoms with Crippen LogP contribution < -0.4 is 0 Å². The topological polar surface area (TPSA) is 30.2 Å². The highest BCUT2D eigenvalue weighted by atomic mass is 15.1. The van der Waals surface area contributed by atoms with E-state index in [1.54, 1.807) is 0 Å². The zero-order chi connectivity index (χ0) is 9.38. The van der Waals surface area contributed by atoms with Crippen molar-refractivity contribution in [1.82, 2.24) is 9.55 Å². The molecule has 2 heterocycles. The van der Waals surface area contributed by atoms with Crippen LogP contribution in [0.5, 0.6) is 0 Å². The van der Waals surface area contributed by atoms with Crippen LogP contribution in [0.3, 0.4) is 0 Å².